The third-order valence-electron chi connectivity index (χ3n) is 2.70. The van der Waals surface area contributed by atoms with E-state index in [-0.39, 0.29) is 11.4 Å². The molecule has 106 valence electrons. The molecule has 0 heterocycles. The molecule has 0 saturated heterocycles. The topological polar surface area (TPSA) is 72.2 Å². The van der Waals surface area contributed by atoms with Gasteiger partial charge in [-0.2, -0.15) is 0 Å². The molecule has 0 aliphatic heterocycles. The van der Waals surface area contributed by atoms with Gasteiger partial charge in [0.05, 0.1) is 11.4 Å². The normalized spacial score (nSPS) is 11.3. The monoisotopic (exact) mass is 294 g/mol. The summed E-state index contributed by atoms with van der Waals surface area (Å²) in [6, 6.07) is 10.9. The molecule has 0 aliphatic carbocycles. The second-order valence-electron chi connectivity index (χ2n) is 4.59. The minimum absolute atomic E-state index is 0.0560. The number of halogens is 1. The third kappa shape index (κ3) is 3.71. The van der Waals surface area contributed by atoms with Crippen molar-refractivity contribution in [3.05, 3.63) is 59.4 Å². The first kappa shape index (κ1) is 14.3. The van der Waals surface area contributed by atoms with Gasteiger partial charge in [-0.1, -0.05) is 18.2 Å². The van der Waals surface area contributed by atoms with Crippen LogP contribution in [-0.4, -0.2) is 8.42 Å². The van der Waals surface area contributed by atoms with E-state index in [2.05, 4.69) is 4.72 Å². The Hall–Kier alpha value is -2.08. The summed E-state index contributed by atoms with van der Waals surface area (Å²) in [7, 11) is -3.69. The Kier molecular flexibility index (Phi) is 3.94. The minimum atomic E-state index is -3.69. The summed E-state index contributed by atoms with van der Waals surface area (Å²) in [5, 5.41) is 0. The van der Waals surface area contributed by atoms with Gasteiger partial charge in [0.2, 0.25) is 10.0 Å². The van der Waals surface area contributed by atoms with Crippen molar-refractivity contribution >= 4 is 21.4 Å². The van der Waals surface area contributed by atoms with E-state index in [4.69, 9.17) is 5.73 Å². The van der Waals surface area contributed by atoms with Gasteiger partial charge >= 0.3 is 0 Å². The summed E-state index contributed by atoms with van der Waals surface area (Å²) >= 11 is 0. The van der Waals surface area contributed by atoms with Crippen LogP contribution in [0.25, 0.3) is 0 Å². The Balaban J connectivity index is 2.19. The predicted octanol–water partition coefficient (Wildman–Crippen LogP) is 2.66. The van der Waals surface area contributed by atoms with Gasteiger partial charge in [-0.05, 0) is 42.3 Å². The number of nitrogen functional groups attached to an aromatic ring is 1. The first-order chi connectivity index (χ1) is 9.35. The molecule has 0 fully saturated rings. The van der Waals surface area contributed by atoms with Crippen molar-refractivity contribution in [1.29, 1.82) is 0 Å². The molecule has 0 saturated carbocycles. The predicted molar refractivity (Wildman–Crippen MR) is 78.2 cm³/mol. The standard InChI is InChI=1S/C14H15FN2O2S/c1-10-5-6-14(13(15)7-10)17-20(18,19)9-11-3-2-4-12(16)8-11/h2-8,17H,9,16H2,1H3. The Bertz CT molecular complexity index is 730. The third-order valence-corrected chi connectivity index (χ3v) is 3.94. The van der Waals surface area contributed by atoms with Gasteiger partial charge in [0.1, 0.15) is 5.82 Å². The summed E-state index contributed by atoms with van der Waals surface area (Å²) in [5.41, 5.74) is 7.29. The van der Waals surface area contributed by atoms with E-state index in [1.54, 1.807) is 37.3 Å². The van der Waals surface area contributed by atoms with E-state index < -0.39 is 15.8 Å². The highest BCUT2D eigenvalue weighted by Crippen LogP contribution is 2.18. The van der Waals surface area contributed by atoms with Crippen LogP contribution in [0.3, 0.4) is 0 Å². The maximum absolute atomic E-state index is 13.6. The lowest BCUT2D eigenvalue weighted by atomic mass is 10.2. The average molecular weight is 294 g/mol. The molecule has 2 rings (SSSR count). The van der Waals surface area contributed by atoms with Crippen LogP contribution in [0.4, 0.5) is 15.8 Å². The summed E-state index contributed by atoms with van der Waals surface area (Å²) in [5.74, 6) is -0.855. The van der Waals surface area contributed by atoms with Crippen LogP contribution in [0.1, 0.15) is 11.1 Å². The van der Waals surface area contributed by atoms with Crippen LogP contribution >= 0.6 is 0 Å². The highest BCUT2D eigenvalue weighted by atomic mass is 32.2. The molecular formula is C14H15FN2O2S. The fourth-order valence-corrected chi connectivity index (χ4v) is 3.00. The van der Waals surface area contributed by atoms with Crippen molar-refractivity contribution in [2.75, 3.05) is 10.5 Å². The summed E-state index contributed by atoms with van der Waals surface area (Å²) in [4.78, 5) is 0. The van der Waals surface area contributed by atoms with Crippen LogP contribution in [-0.2, 0) is 15.8 Å². The lowest BCUT2D eigenvalue weighted by Crippen LogP contribution is -2.16. The van der Waals surface area contributed by atoms with Crippen molar-refractivity contribution in [2.45, 2.75) is 12.7 Å². The van der Waals surface area contributed by atoms with Gasteiger partial charge < -0.3 is 5.73 Å². The number of hydrogen-bond donors (Lipinski definition) is 2. The van der Waals surface area contributed by atoms with E-state index >= 15 is 0 Å². The minimum Gasteiger partial charge on any atom is -0.399 e. The van der Waals surface area contributed by atoms with Crippen molar-refractivity contribution in [2.24, 2.45) is 0 Å². The summed E-state index contributed by atoms with van der Waals surface area (Å²) in [6.07, 6.45) is 0. The average Bonchev–Trinajstić information content (AvgIpc) is 2.32. The van der Waals surface area contributed by atoms with Gasteiger partial charge in [0.25, 0.3) is 0 Å². The second-order valence-corrected chi connectivity index (χ2v) is 6.31. The Labute approximate surface area is 117 Å². The molecule has 0 bridgehead atoms. The van der Waals surface area contributed by atoms with E-state index in [0.29, 0.717) is 11.3 Å². The molecule has 0 spiro atoms. The van der Waals surface area contributed by atoms with E-state index in [1.807, 2.05) is 0 Å². The van der Waals surface area contributed by atoms with Gasteiger partial charge in [0, 0.05) is 5.69 Å². The molecule has 0 aromatic heterocycles. The first-order valence-corrected chi connectivity index (χ1v) is 7.62. The molecule has 20 heavy (non-hydrogen) atoms. The molecule has 4 nitrogen and oxygen atoms in total. The van der Waals surface area contributed by atoms with E-state index in [9.17, 15) is 12.8 Å². The summed E-state index contributed by atoms with van der Waals surface area (Å²) < 4.78 is 39.9. The molecule has 2 aromatic carbocycles. The van der Waals surface area contributed by atoms with Crippen molar-refractivity contribution < 1.29 is 12.8 Å². The first-order valence-electron chi connectivity index (χ1n) is 5.97. The lowest BCUT2D eigenvalue weighted by molar-refractivity contribution is 0.597. The van der Waals surface area contributed by atoms with Crippen LogP contribution < -0.4 is 10.5 Å². The van der Waals surface area contributed by atoms with Crippen LogP contribution in [0.2, 0.25) is 0 Å². The molecule has 0 unspecified atom stereocenters. The van der Waals surface area contributed by atoms with E-state index in [0.717, 1.165) is 5.56 Å². The van der Waals surface area contributed by atoms with Crippen LogP contribution in [0.15, 0.2) is 42.5 Å². The Morgan fingerprint density at radius 2 is 1.95 bits per heavy atom. The molecule has 0 amide bonds. The molecule has 0 radical (unpaired) electrons. The van der Waals surface area contributed by atoms with Crippen molar-refractivity contribution in [3.8, 4) is 0 Å². The highest BCUT2D eigenvalue weighted by molar-refractivity contribution is 7.91. The van der Waals surface area contributed by atoms with Crippen molar-refractivity contribution in [3.63, 3.8) is 0 Å². The Morgan fingerprint density at radius 1 is 1.20 bits per heavy atom. The van der Waals surface area contributed by atoms with E-state index in [1.165, 1.54) is 12.1 Å². The molecule has 0 atom stereocenters. The van der Waals surface area contributed by atoms with Gasteiger partial charge in [-0.3, -0.25) is 4.72 Å². The van der Waals surface area contributed by atoms with Crippen LogP contribution in [0, 0.1) is 12.7 Å². The second kappa shape index (κ2) is 5.50. The number of anilines is 2. The zero-order valence-corrected chi connectivity index (χ0v) is 11.7. The fraction of sp³-hybridized carbons (Fsp3) is 0.143. The fourth-order valence-electron chi connectivity index (χ4n) is 1.81. The smallest absolute Gasteiger partial charge is 0.237 e. The van der Waals surface area contributed by atoms with Gasteiger partial charge in [-0.15, -0.1) is 0 Å². The largest absolute Gasteiger partial charge is 0.399 e. The molecule has 3 N–H and O–H groups in total. The number of benzene rings is 2. The van der Waals surface area contributed by atoms with Gasteiger partial charge in [-0.25, -0.2) is 12.8 Å². The van der Waals surface area contributed by atoms with Gasteiger partial charge in [0.15, 0.2) is 0 Å². The number of nitrogens with one attached hydrogen (secondary N) is 1. The molecule has 2 aromatic rings. The lowest BCUT2D eigenvalue weighted by Gasteiger charge is -2.09. The molecular weight excluding hydrogens is 279 g/mol. The Morgan fingerprint density at radius 3 is 2.60 bits per heavy atom. The SMILES string of the molecule is Cc1ccc(NS(=O)(=O)Cc2cccc(N)c2)c(F)c1. The van der Waals surface area contributed by atoms with Crippen molar-refractivity contribution in [1.82, 2.24) is 0 Å². The number of hydrogen-bond acceptors (Lipinski definition) is 3. The maximum Gasteiger partial charge on any atom is 0.237 e. The number of rotatable bonds is 4. The molecule has 0 aliphatic rings. The quantitative estimate of drug-likeness (QED) is 0.851. The summed E-state index contributed by atoms with van der Waals surface area (Å²) in [6.45, 7) is 1.73. The zero-order chi connectivity index (χ0) is 14.8. The highest BCUT2D eigenvalue weighted by Gasteiger charge is 2.14. The number of aryl methyl sites for hydroxylation is 1. The number of nitrogens with two attached hydrogens (primary N) is 1. The zero-order valence-electron chi connectivity index (χ0n) is 10.9. The molecule has 6 heteroatoms. The number of sulfonamides is 1. The maximum atomic E-state index is 13.6. The van der Waals surface area contributed by atoms with Crippen LogP contribution in [0.5, 0.6) is 0 Å².